The van der Waals surface area contributed by atoms with Crippen LogP contribution in [0.25, 0.3) is 11.0 Å². The summed E-state index contributed by atoms with van der Waals surface area (Å²) in [7, 11) is 0. The topological polar surface area (TPSA) is 105 Å². The third kappa shape index (κ3) is 2.12. The van der Waals surface area contributed by atoms with Gasteiger partial charge in [0.05, 0.1) is 17.6 Å². The molecular weight excluding hydrogens is 286 g/mol. The monoisotopic (exact) mass is 301 g/mol. The molecule has 3 aromatic heterocycles. The van der Waals surface area contributed by atoms with Crippen molar-refractivity contribution in [3.05, 3.63) is 28.1 Å². The van der Waals surface area contributed by atoms with Crippen LogP contribution in [-0.2, 0) is 6.42 Å². The normalized spacial score (nSPS) is 17.7. The molecule has 108 valence electrons. The van der Waals surface area contributed by atoms with Gasteiger partial charge < -0.3 is 5.32 Å². The number of rotatable bonds is 3. The first kappa shape index (κ1) is 12.5. The van der Waals surface area contributed by atoms with Crippen LogP contribution in [-0.4, -0.2) is 20.2 Å². The summed E-state index contributed by atoms with van der Waals surface area (Å²) in [6, 6.07) is 2.48. The predicted octanol–water partition coefficient (Wildman–Crippen LogP) is 2.19. The van der Waals surface area contributed by atoms with Crippen LogP contribution in [0, 0.1) is 0 Å². The Kier molecular flexibility index (Phi) is 2.97. The fourth-order valence-electron chi connectivity index (χ4n) is 2.81. The number of thiophene rings is 1. The summed E-state index contributed by atoms with van der Waals surface area (Å²) in [6.45, 7) is 0. The van der Waals surface area contributed by atoms with Gasteiger partial charge in [-0.15, -0.1) is 11.3 Å². The second kappa shape index (κ2) is 4.97. The molecule has 3 aromatic rings. The van der Waals surface area contributed by atoms with Gasteiger partial charge in [-0.25, -0.2) is 5.84 Å². The number of anilines is 2. The van der Waals surface area contributed by atoms with Crippen LogP contribution in [0.3, 0.4) is 0 Å². The molecular formula is C13H15N7S. The number of aryl methyl sites for hydroxylation is 1. The molecule has 0 bridgehead atoms. The molecule has 0 fully saturated rings. The molecule has 0 radical (unpaired) electrons. The number of nitrogen functional groups attached to an aromatic ring is 1. The number of H-pyrrole nitrogens is 1. The molecule has 4 rings (SSSR count). The van der Waals surface area contributed by atoms with Gasteiger partial charge in [0.25, 0.3) is 0 Å². The summed E-state index contributed by atoms with van der Waals surface area (Å²) in [6.07, 6.45) is 5.19. The van der Waals surface area contributed by atoms with Gasteiger partial charge in [-0.3, -0.25) is 10.5 Å². The highest BCUT2D eigenvalue weighted by Crippen LogP contribution is 2.36. The standard InChI is InChI=1S/C13H15N7S/c14-19-13-17-11(8-6-15-20-12(8)18-13)16-9-2-1-3-10-7(9)4-5-21-10/h4-6,9H,1-3,14H2,(H3,15,16,17,18,19,20). The maximum atomic E-state index is 5.44. The number of aromatic amines is 1. The van der Waals surface area contributed by atoms with Crippen LogP contribution in [0.1, 0.15) is 29.3 Å². The SMILES string of the molecule is NNc1nc(NC2CCCc3sccc32)c2cn[nH]c2n1. The second-order valence-electron chi connectivity index (χ2n) is 5.06. The molecule has 7 nitrogen and oxygen atoms in total. The Balaban J connectivity index is 1.73. The number of nitrogens with zero attached hydrogens (tertiary/aromatic N) is 3. The van der Waals surface area contributed by atoms with Crippen molar-refractivity contribution < 1.29 is 0 Å². The van der Waals surface area contributed by atoms with E-state index in [1.54, 1.807) is 6.20 Å². The first-order valence-electron chi connectivity index (χ1n) is 6.85. The number of hydrogen-bond donors (Lipinski definition) is 4. The minimum absolute atomic E-state index is 0.277. The molecule has 3 heterocycles. The zero-order chi connectivity index (χ0) is 14.2. The van der Waals surface area contributed by atoms with Gasteiger partial charge in [-0.2, -0.15) is 15.1 Å². The van der Waals surface area contributed by atoms with E-state index in [-0.39, 0.29) is 6.04 Å². The van der Waals surface area contributed by atoms with Gasteiger partial charge in [-0.05, 0) is 36.3 Å². The molecule has 5 N–H and O–H groups in total. The first-order valence-corrected chi connectivity index (χ1v) is 7.73. The van der Waals surface area contributed by atoms with E-state index >= 15 is 0 Å². The lowest BCUT2D eigenvalue weighted by atomic mass is 9.94. The van der Waals surface area contributed by atoms with Crippen LogP contribution in [0.4, 0.5) is 11.8 Å². The highest BCUT2D eigenvalue weighted by atomic mass is 32.1. The van der Waals surface area contributed by atoms with Crippen molar-refractivity contribution in [2.24, 2.45) is 5.84 Å². The van der Waals surface area contributed by atoms with E-state index < -0.39 is 0 Å². The van der Waals surface area contributed by atoms with Gasteiger partial charge >= 0.3 is 0 Å². The molecule has 8 heteroatoms. The van der Waals surface area contributed by atoms with E-state index in [0.717, 1.165) is 17.6 Å². The Hall–Kier alpha value is -2.19. The van der Waals surface area contributed by atoms with Crippen LogP contribution in [0.2, 0.25) is 0 Å². The lowest BCUT2D eigenvalue weighted by molar-refractivity contribution is 0.607. The fraction of sp³-hybridized carbons (Fsp3) is 0.308. The van der Waals surface area contributed by atoms with E-state index in [2.05, 4.69) is 42.4 Å². The van der Waals surface area contributed by atoms with E-state index in [1.165, 1.54) is 23.3 Å². The smallest absolute Gasteiger partial charge is 0.241 e. The van der Waals surface area contributed by atoms with Crippen molar-refractivity contribution in [1.29, 1.82) is 0 Å². The Morgan fingerprint density at radius 3 is 3.24 bits per heavy atom. The summed E-state index contributed by atoms with van der Waals surface area (Å²) in [5.41, 5.74) is 4.54. The molecule has 0 saturated carbocycles. The minimum atomic E-state index is 0.277. The third-order valence-corrected chi connectivity index (χ3v) is 4.80. The highest BCUT2D eigenvalue weighted by Gasteiger charge is 2.22. The van der Waals surface area contributed by atoms with Gasteiger partial charge in [0, 0.05) is 4.88 Å². The second-order valence-corrected chi connectivity index (χ2v) is 6.06. The minimum Gasteiger partial charge on any atom is -0.362 e. The molecule has 0 spiro atoms. The molecule has 0 saturated heterocycles. The number of aromatic nitrogens is 4. The van der Waals surface area contributed by atoms with Crippen molar-refractivity contribution in [3.63, 3.8) is 0 Å². The summed E-state index contributed by atoms with van der Waals surface area (Å²) >= 11 is 1.83. The van der Waals surface area contributed by atoms with Gasteiger partial charge in [-0.1, -0.05) is 0 Å². The zero-order valence-corrected chi connectivity index (χ0v) is 12.1. The van der Waals surface area contributed by atoms with Crippen LogP contribution in [0.5, 0.6) is 0 Å². The summed E-state index contributed by atoms with van der Waals surface area (Å²) in [5, 5.41) is 13.4. The Morgan fingerprint density at radius 2 is 2.33 bits per heavy atom. The van der Waals surface area contributed by atoms with E-state index in [1.807, 2.05) is 11.3 Å². The zero-order valence-electron chi connectivity index (χ0n) is 11.3. The Morgan fingerprint density at radius 1 is 1.38 bits per heavy atom. The van der Waals surface area contributed by atoms with Crippen molar-refractivity contribution in [1.82, 2.24) is 20.2 Å². The lowest BCUT2D eigenvalue weighted by Gasteiger charge is -2.24. The van der Waals surface area contributed by atoms with Crippen LogP contribution in [0.15, 0.2) is 17.6 Å². The summed E-state index contributed by atoms with van der Waals surface area (Å²) in [4.78, 5) is 10.1. The Labute approximate surface area is 125 Å². The number of hydrazine groups is 1. The Bertz CT molecular complexity index is 778. The summed E-state index contributed by atoms with van der Waals surface area (Å²) < 4.78 is 0. The van der Waals surface area contributed by atoms with Gasteiger partial charge in [0.2, 0.25) is 5.95 Å². The van der Waals surface area contributed by atoms with E-state index in [9.17, 15) is 0 Å². The lowest BCUT2D eigenvalue weighted by Crippen LogP contribution is -2.18. The fourth-order valence-corrected chi connectivity index (χ4v) is 3.80. The molecule has 1 aliphatic carbocycles. The molecule has 21 heavy (non-hydrogen) atoms. The van der Waals surface area contributed by atoms with Gasteiger partial charge in [0.15, 0.2) is 5.65 Å². The molecule has 0 amide bonds. The van der Waals surface area contributed by atoms with Crippen molar-refractivity contribution >= 4 is 34.1 Å². The third-order valence-electron chi connectivity index (χ3n) is 3.80. The molecule has 1 atom stereocenters. The van der Waals surface area contributed by atoms with Crippen LogP contribution >= 0.6 is 11.3 Å². The predicted molar refractivity (Wildman–Crippen MR) is 83.1 cm³/mol. The van der Waals surface area contributed by atoms with Crippen LogP contribution < -0.4 is 16.6 Å². The molecule has 1 unspecified atom stereocenters. The maximum absolute atomic E-state index is 5.44. The number of hydrogen-bond acceptors (Lipinski definition) is 7. The van der Waals surface area contributed by atoms with Crippen molar-refractivity contribution in [3.8, 4) is 0 Å². The van der Waals surface area contributed by atoms with Crippen molar-refractivity contribution in [2.75, 3.05) is 10.7 Å². The molecule has 0 aromatic carbocycles. The largest absolute Gasteiger partial charge is 0.362 e. The molecule has 0 aliphatic heterocycles. The average molecular weight is 301 g/mol. The molecule has 1 aliphatic rings. The maximum Gasteiger partial charge on any atom is 0.241 e. The van der Waals surface area contributed by atoms with E-state index in [0.29, 0.717) is 11.6 Å². The quantitative estimate of drug-likeness (QED) is 0.436. The number of nitrogens with one attached hydrogen (secondary N) is 3. The van der Waals surface area contributed by atoms with E-state index in [4.69, 9.17) is 5.84 Å². The number of fused-ring (bicyclic) bond motifs is 2. The summed E-state index contributed by atoms with van der Waals surface area (Å²) in [5.74, 6) is 6.56. The van der Waals surface area contributed by atoms with Gasteiger partial charge in [0.1, 0.15) is 5.82 Å². The average Bonchev–Trinajstić information content (AvgIpc) is 3.16. The first-order chi connectivity index (χ1) is 10.3. The number of nitrogens with two attached hydrogens (primary N) is 1. The van der Waals surface area contributed by atoms with Crippen molar-refractivity contribution in [2.45, 2.75) is 25.3 Å². The highest BCUT2D eigenvalue weighted by molar-refractivity contribution is 7.10.